The second kappa shape index (κ2) is 3.99. The van der Waals surface area contributed by atoms with Crippen LogP contribution in [0.3, 0.4) is 0 Å². The number of halogens is 4. The van der Waals surface area contributed by atoms with Crippen LogP contribution in [0.4, 0.5) is 28.9 Å². The minimum absolute atomic E-state index is 0.0678. The van der Waals surface area contributed by atoms with Gasteiger partial charge in [0.1, 0.15) is 5.82 Å². The number of alkyl halides is 3. The number of amides is 1. The van der Waals surface area contributed by atoms with E-state index < -0.39 is 23.6 Å². The molecule has 0 unspecified atom stereocenters. The Morgan fingerprint density at radius 3 is 2.44 bits per heavy atom. The Morgan fingerprint density at radius 2 is 1.94 bits per heavy atom. The molecular formula is C9H8F4N2O. The van der Waals surface area contributed by atoms with Crippen LogP contribution in [-0.2, 0) is 4.79 Å². The first-order chi connectivity index (χ1) is 7.23. The van der Waals surface area contributed by atoms with Gasteiger partial charge in [-0.25, -0.2) is 4.39 Å². The van der Waals surface area contributed by atoms with Crippen LogP contribution in [0.25, 0.3) is 0 Å². The topological polar surface area (TPSA) is 46.3 Å². The molecule has 0 aromatic heterocycles. The molecule has 1 aromatic carbocycles. The van der Waals surface area contributed by atoms with Crippen LogP contribution in [0.1, 0.15) is 0 Å². The second-order valence-corrected chi connectivity index (χ2v) is 3.07. The summed E-state index contributed by atoms with van der Waals surface area (Å²) in [6.45, 7) is 0. The Morgan fingerprint density at radius 1 is 1.38 bits per heavy atom. The van der Waals surface area contributed by atoms with Crippen molar-refractivity contribution in [1.82, 2.24) is 0 Å². The number of nitrogen functional groups attached to an aromatic ring is 1. The molecule has 0 bridgehead atoms. The molecule has 0 saturated carbocycles. The fraction of sp³-hybridized carbons (Fsp3) is 0.222. The van der Waals surface area contributed by atoms with Gasteiger partial charge in [0.25, 0.3) is 0 Å². The highest BCUT2D eigenvalue weighted by atomic mass is 19.4. The predicted molar refractivity (Wildman–Crippen MR) is 50.3 cm³/mol. The van der Waals surface area contributed by atoms with Gasteiger partial charge in [0, 0.05) is 12.7 Å². The zero-order chi connectivity index (χ0) is 12.5. The van der Waals surface area contributed by atoms with Crippen LogP contribution in [0.5, 0.6) is 0 Å². The van der Waals surface area contributed by atoms with E-state index in [0.29, 0.717) is 0 Å². The molecule has 1 rings (SSSR count). The highest BCUT2D eigenvalue weighted by Gasteiger charge is 2.42. The predicted octanol–water partition coefficient (Wildman–Crippen LogP) is 1.93. The highest BCUT2D eigenvalue weighted by molar-refractivity contribution is 5.97. The summed E-state index contributed by atoms with van der Waals surface area (Å²) in [5.41, 5.74) is 4.84. The maximum absolute atomic E-state index is 13.2. The number of carbonyl (C=O) groups is 1. The third kappa shape index (κ3) is 2.41. The van der Waals surface area contributed by atoms with Crippen molar-refractivity contribution in [1.29, 1.82) is 0 Å². The van der Waals surface area contributed by atoms with E-state index in [1.165, 1.54) is 6.07 Å². The molecule has 0 radical (unpaired) electrons. The monoisotopic (exact) mass is 236 g/mol. The second-order valence-electron chi connectivity index (χ2n) is 3.07. The molecular weight excluding hydrogens is 228 g/mol. The largest absolute Gasteiger partial charge is 0.471 e. The van der Waals surface area contributed by atoms with Gasteiger partial charge in [-0.3, -0.25) is 4.79 Å². The summed E-state index contributed by atoms with van der Waals surface area (Å²) in [6, 6.07) is 3.04. The molecule has 0 aliphatic heterocycles. The first-order valence-electron chi connectivity index (χ1n) is 4.13. The van der Waals surface area contributed by atoms with Crippen molar-refractivity contribution in [3.63, 3.8) is 0 Å². The van der Waals surface area contributed by atoms with Crippen LogP contribution in [0.15, 0.2) is 18.2 Å². The molecule has 0 aliphatic carbocycles. The number of nitrogens with zero attached hydrogens (tertiary/aromatic N) is 1. The van der Waals surface area contributed by atoms with Gasteiger partial charge >= 0.3 is 12.1 Å². The van der Waals surface area contributed by atoms with Crippen molar-refractivity contribution in [3.05, 3.63) is 24.0 Å². The summed E-state index contributed by atoms with van der Waals surface area (Å²) in [5, 5.41) is 0. The van der Waals surface area contributed by atoms with Gasteiger partial charge in [-0.1, -0.05) is 0 Å². The van der Waals surface area contributed by atoms with Crippen LogP contribution >= 0.6 is 0 Å². The summed E-state index contributed by atoms with van der Waals surface area (Å²) in [7, 11) is 0.827. The number of benzene rings is 1. The van der Waals surface area contributed by atoms with Crippen LogP contribution in [0.2, 0.25) is 0 Å². The van der Waals surface area contributed by atoms with Gasteiger partial charge in [-0.15, -0.1) is 0 Å². The van der Waals surface area contributed by atoms with Crippen molar-refractivity contribution < 1.29 is 22.4 Å². The van der Waals surface area contributed by atoms with Crippen LogP contribution < -0.4 is 10.6 Å². The lowest BCUT2D eigenvalue weighted by molar-refractivity contribution is -0.170. The molecule has 0 fully saturated rings. The first kappa shape index (κ1) is 12.3. The van der Waals surface area contributed by atoms with Gasteiger partial charge in [0.15, 0.2) is 0 Å². The molecule has 3 nitrogen and oxygen atoms in total. The lowest BCUT2D eigenvalue weighted by Crippen LogP contribution is -2.38. The van der Waals surface area contributed by atoms with Crippen LogP contribution in [-0.4, -0.2) is 19.1 Å². The van der Waals surface area contributed by atoms with E-state index in [0.717, 1.165) is 19.2 Å². The third-order valence-corrected chi connectivity index (χ3v) is 1.88. The Hall–Kier alpha value is -1.79. The van der Waals surface area contributed by atoms with E-state index >= 15 is 0 Å². The van der Waals surface area contributed by atoms with E-state index in [9.17, 15) is 22.4 Å². The Kier molecular flexibility index (Phi) is 3.06. The normalized spacial score (nSPS) is 11.3. The van der Waals surface area contributed by atoms with Gasteiger partial charge < -0.3 is 10.6 Å². The molecule has 0 saturated heterocycles. The lowest BCUT2D eigenvalue weighted by atomic mass is 10.2. The number of nitrogens with two attached hydrogens (primary N) is 1. The fourth-order valence-electron chi connectivity index (χ4n) is 1.09. The zero-order valence-electron chi connectivity index (χ0n) is 8.18. The molecule has 0 heterocycles. The SMILES string of the molecule is CN(C(=O)C(F)(F)F)c1cc(N)ccc1F. The molecule has 16 heavy (non-hydrogen) atoms. The van der Waals surface area contributed by atoms with Gasteiger partial charge in [0.05, 0.1) is 5.69 Å². The number of rotatable bonds is 1. The van der Waals surface area contributed by atoms with E-state index in [2.05, 4.69) is 0 Å². The molecule has 0 atom stereocenters. The standard InChI is InChI=1S/C9H8F4N2O/c1-15(8(16)9(11,12)13)7-4-5(14)2-3-6(7)10/h2-4H,14H2,1H3. The van der Waals surface area contributed by atoms with Gasteiger partial charge in [-0.05, 0) is 18.2 Å². The number of carbonyl (C=O) groups excluding carboxylic acids is 1. The van der Waals surface area contributed by atoms with Crippen molar-refractivity contribution in [3.8, 4) is 0 Å². The smallest absolute Gasteiger partial charge is 0.399 e. The summed E-state index contributed by atoms with van der Waals surface area (Å²) in [6.07, 6.45) is -5.05. The average Bonchev–Trinajstić information content (AvgIpc) is 2.18. The third-order valence-electron chi connectivity index (χ3n) is 1.88. The fourth-order valence-corrected chi connectivity index (χ4v) is 1.09. The Labute approximate surface area is 88.4 Å². The lowest BCUT2D eigenvalue weighted by Gasteiger charge is -2.19. The average molecular weight is 236 g/mol. The minimum Gasteiger partial charge on any atom is -0.399 e. The summed E-state index contributed by atoms with van der Waals surface area (Å²) in [4.78, 5) is 11.0. The number of hydrogen-bond acceptors (Lipinski definition) is 2. The van der Waals surface area contributed by atoms with Gasteiger partial charge in [0.2, 0.25) is 0 Å². The van der Waals surface area contributed by atoms with Crippen molar-refractivity contribution in [2.24, 2.45) is 0 Å². The molecule has 0 aliphatic rings. The molecule has 2 N–H and O–H groups in total. The number of anilines is 2. The van der Waals surface area contributed by atoms with Gasteiger partial charge in [-0.2, -0.15) is 13.2 Å². The van der Waals surface area contributed by atoms with Crippen molar-refractivity contribution >= 4 is 17.3 Å². The molecule has 1 aromatic rings. The molecule has 7 heteroatoms. The van der Waals surface area contributed by atoms with E-state index in [1.54, 1.807) is 0 Å². The summed E-state index contributed by atoms with van der Waals surface area (Å²) in [5.74, 6) is -3.11. The molecule has 88 valence electrons. The van der Waals surface area contributed by atoms with Crippen molar-refractivity contribution in [2.45, 2.75) is 6.18 Å². The maximum Gasteiger partial charge on any atom is 0.471 e. The number of hydrogen-bond donors (Lipinski definition) is 1. The quantitative estimate of drug-likeness (QED) is 0.598. The Bertz CT molecular complexity index is 416. The maximum atomic E-state index is 13.2. The highest BCUT2D eigenvalue weighted by Crippen LogP contribution is 2.26. The van der Waals surface area contributed by atoms with Crippen molar-refractivity contribution in [2.75, 3.05) is 17.7 Å². The summed E-state index contributed by atoms with van der Waals surface area (Å²) >= 11 is 0. The minimum atomic E-state index is -5.05. The zero-order valence-corrected chi connectivity index (χ0v) is 8.18. The first-order valence-corrected chi connectivity index (χ1v) is 4.13. The van der Waals surface area contributed by atoms with Crippen LogP contribution in [0, 0.1) is 5.82 Å². The molecule has 0 spiro atoms. The van der Waals surface area contributed by atoms with E-state index in [4.69, 9.17) is 5.73 Å². The van der Waals surface area contributed by atoms with E-state index in [-0.39, 0.29) is 10.6 Å². The Balaban J connectivity index is 3.10. The molecule has 1 amide bonds. The van der Waals surface area contributed by atoms with E-state index in [1.807, 2.05) is 0 Å². The summed E-state index contributed by atoms with van der Waals surface area (Å²) < 4.78 is 49.4.